The van der Waals surface area contributed by atoms with Crippen LogP contribution in [0.15, 0.2) is 24.5 Å². The molecule has 1 atom stereocenters. The SMILES string of the molecule is c1cnc2cc(CC3CCCN3)nn2c1. The van der Waals surface area contributed by atoms with Crippen LogP contribution in [-0.2, 0) is 6.42 Å². The molecule has 1 unspecified atom stereocenters. The fourth-order valence-corrected chi connectivity index (χ4v) is 2.16. The second-order valence-electron chi connectivity index (χ2n) is 4.06. The number of nitrogens with one attached hydrogen (secondary N) is 1. The van der Waals surface area contributed by atoms with Gasteiger partial charge in [-0.05, 0) is 25.5 Å². The lowest BCUT2D eigenvalue weighted by atomic mass is 10.1. The Morgan fingerprint density at radius 2 is 2.53 bits per heavy atom. The van der Waals surface area contributed by atoms with E-state index in [0.29, 0.717) is 6.04 Å². The van der Waals surface area contributed by atoms with Crippen molar-refractivity contribution in [1.82, 2.24) is 19.9 Å². The Hall–Kier alpha value is -1.42. The maximum Gasteiger partial charge on any atom is 0.155 e. The van der Waals surface area contributed by atoms with Crippen molar-refractivity contribution in [3.63, 3.8) is 0 Å². The molecule has 4 heteroatoms. The van der Waals surface area contributed by atoms with Gasteiger partial charge in [0.2, 0.25) is 0 Å². The maximum atomic E-state index is 4.49. The van der Waals surface area contributed by atoms with Crippen molar-refractivity contribution in [3.8, 4) is 0 Å². The minimum absolute atomic E-state index is 0.606. The standard InChI is InChI=1S/C11H14N4/c1-3-9(12-4-1)7-10-8-11-13-5-2-6-15(11)14-10/h2,5-6,8-9,12H,1,3-4,7H2. The molecule has 1 aliphatic heterocycles. The Bertz CT molecular complexity index is 423. The molecule has 0 amide bonds. The highest BCUT2D eigenvalue weighted by Crippen LogP contribution is 2.12. The van der Waals surface area contributed by atoms with Gasteiger partial charge in [-0.1, -0.05) is 0 Å². The summed E-state index contributed by atoms with van der Waals surface area (Å²) in [6, 6.07) is 4.58. The molecule has 0 spiro atoms. The predicted molar refractivity (Wildman–Crippen MR) is 57.7 cm³/mol. The fourth-order valence-electron chi connectivity index (χ4n) is 2.16. The van der Waals surface area contributed by atoms with Crippen LogP contribution in [0.3, 0.4) is 0 Å². The lowest BCUT2D eigenvalue weighted by Gasteiger charge is -2.06. The molecule has 1 aliphatic rings. The van der Waals surface area contributed by atoms with Crippen LogP contribution >= 0.6 is 0 Å². The first-order valence-electron chi connectivity index (χ1n) is 5.44. The highest BCUT2D eigenvalue weighted by atomic mass is 15.2. The van der Waals surface area contributed by atoms with Gasteiger partial charge in [-0.25, -0.2) is 9.50 Å². The van der Waals surface area contributed by atoms with E-state index in [-0.39, 0.29) is 0 Å². The highest BCUT2D eigenvalue weighted by molar-refractivity contribution is 5.38. The Morgan fingerprint density at radius 1 is 1.53 bits per heavy atom. The second kappa shape index (κ2) is 3.62. The van der Waals surface area contributed by atoms with Gasteiger partial charge in [0.25, 0.3) is 0 Å². The third kappa shape index (κ3) is 1.72. The summed E-state index contributed by atoms with van der Waals surface area (Å²) in [6.07, 6.45) is 7.31. The van der Waals surface area contributed by atoms with Gasteiger partial charge < -0.3 is 5.32 Å². The Labute approximate surface area is 88.3 Å². The van der Waals surface area contributed by atoms with Gasteiger partial charge in [0.05, 0.1) is 5.69 Å². The predicted octanol–water partition coefficient (Wildman–Crippen LogP) is 1.02. The lowest BCUT2D eigenvalue weighted by molar-refractivity contribution is 0.592. The molecule has 4 nitrogen and oxygen atoms in total. The first-order chi connectivity index (χ1) is 7.42. The normalized spacial score (nSPS) is 21.2. The van der Waals surface area contributed by atoms with E-state index < -0.39 is 0 Å². The van der Waals surface area contributed by atoms with Crippen molar-refractivity contribution in [2.75, 3.05) is 6.54 Å². The van der Waals surface area contributed by atoms with E-state index in [1.54, 1.807) is 6.20 Å². The number of fused-ring (bicyclic) bond motifs is 1. The average Bonchev–Trinajstić information content (AvgIpc) is 2.86. The monoisotopic (exact) mass is 202 g/mol. The summed E-state index contributed by atoms with van der Waals surface area (Å²) in [6.45, 7) is 1.15. The first-order valence-corrected chi connectivity index (χ1v) is 5.44. The lowest BCUT2D eigenvalue weighted by Crippen LogP contribution is -2.23. The molecule has 2 aromatic heterocycles. The summed E-state index contributed by atoms with van der Waals surface area (Å²) in [4.78, 5) is 4.26. The zero-order chi connectivity index (χ0) is 10.1. The molecule has 3 rings (SSSR count). The number of rotatable bonds is 2. The van der Waals surface area contributed by atoms with Gasteiger partial charge in [-0.3, -0.25) is 0 Å². The fraction of sp³-hybridized carbons (Fsp3) is 0.455. The molecule has 1 N–H and O–H groups in total. The number of hydrogen-bond acceptors (Lipinski definition) is 3. The molecule has 15 heavy (non-hydrogen) atoms. The average molecular weight is 202 g/mol. The summed E-state index contributed by atoms with van der Waals surface area (Å²) in [5.74, 6) is 0. The van der Waals surface area contributed by atoms with E-state index in [0.717, 1.165) is 24.3 Å². The molecule has 0 saturated carbocycles. The van der Waals surface area contributed by atoms with Crippen molar-refractivity contribution < 1.29 is 0 Å². The topological polar surface area (TPSA) is 42.2 Å². The molecule has 2 aromatic rings. The van der Waals surface area contributed by atoms with Crippen molar-refractivity contribution in [2.24, 2.45) is 0 Å². The van der Waals surface area contributed by atoms with Crippen LogP contribution in [0.25, 0.3) is 5.65 Å². The molecule has 0 bridgehead atoms. The molecular weight excluding hydrogens is 188 g/mol. The third-order valence-electron chi connectivity index (χ3n) is 2.90. The van der Waals surface area contributed by atoms with E-state index in [2.05, 4.69) is 21.5 Å². The minimum atomic E-state index is 0.606. The quantitative estimate of drug-likeness (QED) is 0.790. The van der Waals surface area contributed by atoms with Crippen LogP contribution in [-0.4, -0.2) is 27.2 Å². The van der Waals surface area contributed by atoms with Gasteiger partial charge in [0.15, 0.2) is 5.65 Å². The summed E-state index contributed by atoms with van der Waals surface area (Å²) >= 11 is 0. The number of nitrogens with zero attached hydrogens (tertiary/aromatic N) is 3. The smallest absolute Gasteiger partial charge is 0.155 e. The van der Waals surface area contributed by atoms with Gasteiger partial charge in [0, 0.05) is 30.9 Å². The third-order valence-corrected chi connectivity index (χ3v) is 2.90. The summed E-state index contributed by atoms with van der Waals surface area (Å²) in [5, 5.41) is 7.97. The summed E-state index contributed by atoms with van der Waals surface area (Å²) < 4.78 is 1.84. The molecule has 0 aromatic carbocycles. The van der Waals surface area contributed by atoms with Crippen LogP contribution in [0, 0.1) is 0 Å². The van der Waals surface area contributed by atoms with Gasteiger partial charge in [-0.2, -0.15) is 5.10 Å². The van der Waals surface area contributed by atoms with E-state index in [9.17, 15) is 0 Å². The van der Waals surface area contributed by atoms with Gasteiger partial charge in [-0.15, -0.1) is 0 Å². The van der Waals surface area contributed by atoms with Crippen LogP contribution in [0.5, 0.6) is 0 Å². The largest absolute Gasteiger partial charge is 0.314 e. The molecular formula is C11H14N4. The molecule has 0 radical (unpaired) electrons. The van der Waals surface area contributed by atoms with Crippen LogP contribution < -0.4 is 5.32 Å². The van der Waals surface area contributed by atoms with Crippen LogP contribution in [0.2, 0.25) is 0 Å². The molecule has 0 aliphatic carbocycles. The second-order valence-corrected chi connectivity index (χ2v) is 4.06. The molecule has 3 heterocycles. The minimum Gasteiger partial charge on any atom is -0.314 e. The van der Waals surface area contributed by atoms with Crippen molar-refractivity contribution >= 4 is 5.65 Å². The molecule has 1 fully saturated rings. The Kier molecular flexibility index (Phi) is 2.14. The van der Waals surface area contributed by atoms with Gasteiger partial charge >= 0.3 is 0 Å². The van der Waals surface area contributed by atoms with E-state index in [4.69, 9.17) is 0 Å². The highest BCUT2D eigenvalue weighted by Gasteiger charge is 2.15. The van der Waals surface area contributed by atoms with Crippen LogP contribution in [0.4, 0.5) is 0 Å². The zero-order valence-electron chi connectivity index (χ0n) is 8.56. The van der Waals surface area contributed by atoms with Crippen molar-refractivity contribution in [2.45, 2.75) is 25.3 Å². The molecule has 1 saturated heterocycles. The summed E-state index contributed by atoms with van der Waals surface area (Å²) in [5.41, 5.74) is 2.07. The van der Waals surface area contributed by atoms with Crippen LogP contribution in [0.1, 0.15) is 18.5 Å². The first kappa shape index (κ1) is 8.85. The molecule has 78 valence electrons. The zero-order valence-corrected chi connectivity index (χ0v) is 8.56. The van der Waals surface area contributed by atoms with Crippen molar-refractivity contribution in [3.05, 3.63) is 30.2 Å². The van der Waals surface area contributed by atoms with E-state index >= 15 is 0 Å². The Balaban J connectivity index is 1.84. The summed E-state index contributed by atoms with van der Waals surface area (Å²) in [7, 11) is 0. The van der Waals surface area contributed by atoms with E-state index in [1.165, 1.54) is 12.8 Å². The number of aromatic nitrogens is 3. The Morgan fingerprint density at radius 3 is 3.33 bits per heavy atom. The van der Waals surface area contributed by atoms with E-state index in [1.807, 2.05) is 16.8 Å². The number of hydrogen-bond donors (Lipinski definition) is 1. The van der Waals surface area contributed by atoms with Crippen molar-refractivity contribution in [1.29, 1.82) is 0 Å². The van der Waals surface area contributed by atoms with Gasteiger partial charge in [0.1, 0.15) is 0 Å². The maximum absolute atomic E-state index is 4.49.